The van der Waals surface area contributed by atoms with Crippen molar-refractivity contribution in [1.82, 2.24) is 0 Å². The van der Waals surface area contributed by atoms with Crippen molar-refractivity contribution < 1.29 is 24.5 Å². The van der Waals surface area contributed by atoms with Crippen LogP contribution in [0.3, 0.4) is 0 Å². The Kier molecular flexibility index (Phi) is 7.28. The first-order valence-electron chi connectivity index (χ1n) is 10.1. The summed E-state index contributed by atoms with van der Waals surface area (Å²) in [5.41, 5.74) is -0.0210. The minimum Gasteiger partial charge on any atom is -0.481 e. The standard InChI is InChI=1S/C22H36O5/c1-17(2)10-14-26-20(3,4)18-15-21(25,12-13-22(18)16-27-22)11-8-6-5-7-9-19(23)24/h6,8,10,18,25H,5,7,9,11-16H2,1-4H3,(H,23,24)/b8-6+/t18?,21?,22-/m0/s1. The van der Waals surface area contributed by atoms with Gasteiger partial charge < -0.3 is 19.7 Å². The Morgan fingerprint density at radius 3 is 2.59 bits per heavy atom. The lowest BCUT2D eigenvalue weighted by Crippen LogP contribution is -2.52. The van der Waals surface area contributed by atoms with Crippen molar-refractivity contribution in [2.75, 3.05) is 13.2 Å². The van der Waals surface area contributed by atoms with E-state index in [2.05, 4.69) is 33.8 Å². The first-order chi connectivity index (χ1) is 12.6. The van der Waals surface area contributed by atoms with E-state index in [0.29, 0.717) is 25.9 Å². The number of epoxide rings is 1. The molecule has 1 aliphatic carbocycles. The third-order valence-electron chi connectivity index (χ3n) is 5.96. The van der Waals surface area contributed by atoms with E-state index in [0.717, 1.165) is 25.9 Å². The molecule has 0 bridgehead atoms. The van der Waals surface area contributed by atoms with Crippen molar-refractivity contribution in [3.63, 3.8) is 0 Å². The highest BCUT2D eigenvalue weighted by molar-refractivity contribution is 5.66. The van der Waals surface area contributed by atoms with Crippen molar-refractivity contribution in [2.24, 2.45) is 5.92 Å². The van der Waals surface area contributed by atoms with Crippen LogP contribution in [0.5, 0.6) is 0 Å². The number of carbonyl (C=O) groups is 1. The van der Waals surface area contributed by atoms with Gasteiger partial charge in [0.25, 0.3) is 0 Å². The summed E-state index contributed by atoms with van der Waals surface area (Å²) < 4.78 is 12.0. The lowest BCUT2D eigenvalue weighted by Gasteiger charge is -2.46. The first-order valence-corrected chi connectivity index (χ1v) is 10.1. The van der Waals surface area contributed by atoms with Crippen LogP contribution in [0.15, 0.2) is 23.8 Å². The smallest absolute Gasteiger partial charge is 0.303 e. The summed E-state index contributed by atoms with van der Waals surface area (Å²) in [4.78, 5) is 10.5. The molecule has 2 rings (SSSR count). The van der Waals surface area contributed by atoms with E-state index in [1.807, 2.05) is 12.2 Å². The minimum absolute atomic E-state index is 0.133. The number of rotatable bonds is 10. The summed E-state index contributed by atoms with van der Waals surface area (Å²) in [5, 5.41) is 19.8. The number of unbranched alkanes of at least 4 members (excludes halogenated alkanes) is 1. The molecular formula is C22H36O5. The van der Waals surface area contributed by atoms with Crippen LogP contribution in [-0.4, -0.2) is 46.2 Å². The Hall–Kier alpha value is -1.17. The van der Waals surface area contributed by atoms with E-state index in [4.69, 9.17) is 14.6 Å². The molecule has 0 radical (unpaired) electrons. The van der Waals surface area contributed by atoms with Crippen LogP contribution >= 0.6 is 0 Å². The average Bonchev–Trinajstić information content (AvgIpc) is 3.33. The van der Waals surface area contributed by atoms with E-state index in [1.54, 1.807) is 0 Å². The highest BCUT2D eigenvalue weighted by Gasteiger charge is 2.61. The number of hydrogen-bond donors (Lipinski definition) is 2. The van der Waals surface area contributed by atoms with Gasteiger partial charge in [-0.1, -0.05) is 23.8 Å². The number of hydrogen-bond acceptors (Lipinski definition) is 4. The zero-order valence-corrected chi connectivity index (χ0v) is 17.3. The molecule has 154 valence electrons. The van der Waals surface area contributed by atoms with E-state index in [-0.39, 0.29) is 23.5 Å². The molecule has 2 unspecified atom stereocenters. The van der Waals surface area contributed by atoms with Gasteiger partial charge in [-0.05, 0) is 66.2 Å². The monoisotopic (exact) mass is 380 g/mol. The number of aliphatic hydroxyl groups is 1. The summed E-state index contributed by atoms with van der Waals surface area (Å²) in [5.74, 6) is -0.614. The Morgan fingerprint density at radius 1 is 1.30 bits per heavy atom. The molecule has 1 saturated heterocycles. The number of aliphatic carboxylic acids is 1. The van der Waals surface area contributed by atoms with E-state index < -0.39 is 11.6 Å². The maximum absolute atomic E-state index is 11.2. The fourth-order valence-electron chi connectivity index (χ4n) is 4.10. The lowest BCUT2D eigenvalue weighted by atomic mass is 9.65. The predicted octanol–water partition coefficient (Wildman–Crippen LogP) is 4.25. The number of ether oxygens (including phenoxy) is 2. The van der Waals surface area contributed by atoms with Crippen LogP contribution in [-0.2, 0) is 14.3 Å². The highest BCUT2D eigenvalue weighted by atomic mass is 16.6. The lowest BCUT2D eigenvalue weighted by molar-refractivity contribution is -0.137. The van der Waals surface area contributed by atoms with Crippen molar-refractivity contribution >= 4 is 5.97 Å². The summed E-state index contributed by atoms with van der Waals surface area (Å²) >= 11 is 0. The Bertz CT molecular complexity index is 569. The van der Waals surface area contributed by atoms with Gasteiger partial charge in [0.15, 0.2) is 0 Å². The molecule has 1 heterocycles. The molecule has 0 aromatic rings. The Balaban J connectivity index is 1.94. The minimum atomic E-state index is -0.762. The molecule has 5 nitrogen and oxygen atoms in total. The number of allylic oxidation sites excluding steroid dienone is 2. The van der Waals surface area contributed by atoms with Crippen LogP contribution in [0.4, 0.5) is 0 Å². The van der Waals surface area contributed by atoms with Crippen LogP contribution in [0.25, 0.3) is 0 Å². The molecule has 1 aliphatic heterocycles. The molecule has 2 aliphatic rings. The molecule has 2 N–H and O–H groups in total. The van der Waals surface area contributed by atoms with E-state index >= 15 is 0 Å². The molecule has 0 amide bonds. The normalized spacial score (nSPS) is 30.6. The van der Waals surface area contributed by atoms with Crippen LogP contribution < -0.4 is 0 Å². The summed E-state index contributed by atoms with van der Waals surface area (Å²) in [6.07, 6.45) is 10.5. The molecule has 1 saturated carbocycles. The van der Waals surface area contributed by atoms with E-state index in [1.165, 1.54) is 5.57 Å². The third-order valence-corrected chi connectivity index (χ3v) is 5.96. The number of carboxylic acids is 1. The van der Waals surface area contributed by atoms with Gasteiger partial charge in [-0.3, -0.25) is 4.79 Å². The highest BCUT2D eigenvalue weighted by Crippen LogP contribution is 2.54. The summed E-state index contributed by atoms with van der Waals surface area (Å²) in [6.45, 7) is 9.66. The largest absolute Gasteiger partial charge is 0.481 e. The fraction of sp³-hybridized carbons (Fsp3) is 0.773. The second-order valence-corrected chi connectivity index (χ2v) is 8.99. The summed E-state index contributed by atoms with van der Waals surface area (Å²) in [6, 6.07) is 0. The van der Waals surface area contributed by atoms with Gasteiger partial charge in [0, 0.05) is 12.3 Å². The quantitative estimate of drug-likeness (QED) is 0.336. The van der Waals surface area contributed by atoms with Crippen molar-refractivity contribution in [1.29, 1.82) is 0 Å². The Labute approximate surface area is 163 Å². The van der Waals surface area contributed by atoms with E-state index in [9.17, 15) is 9.90 Å². The second-order valence-electron chi connectivity index (χ2n) is 8.99. The molecule has 27 heavy (non-hydrogen) atoms. The molecule has 5 heteroatoms. The van der Waals surface area contributed by atoms with Crippen molar-refractivity contribution in [3.05, 3.63) is 23.8 Å². The van der Waals surface area contributed by atoms with Gasteiger partial charge in [-0.25, -0.2) is 0 Å². The topological polar surface area (TPSA) is 79.3 Å². The zero-order valence-electron chi connectivity index (χ0n) is 17.3. The predicted molar refractivity (Wildman–Crippen MR) is 106 cm³/mol. The van der Waals surface area contributed by atoms with Crippen LogP contribution in [0, 0.1) is 5.92 Å². The molecule has 2 fully saturated rings. The SMILES string of the molecule is CC(C)=CCOC(C)(C)C1CC(O)(C/C=C/CCCC(=O)O)CC[C@]12CO2. The van der Waals surface area contributed by atoms with Gasteiger partial charge in [-0.2, -0.15) is 0 Å². The van der Waals surface area contributed by atoms with Gasteiger partial charge in [-0.15, -0.1) is 0 Å². The van der Waals surface area contributed by atoms with Crippen molar-refractivity contribution in [2.45, 2.75) is 89.4 Å². The van der Waals surface area contributed by atoms with Gasteiger partial charge in [0.1, 0.15) is 0 Å². The third kappa shape index (κ3) is 6.44. The molecular weight excluding hydrogens is 344 g/mol. The molecule has 1 spiro atoms. The van der Waals surface area contributed by atoms with Crippen LogP contribution in [0.1, 0.15) is 72.6 Å². The van der Waals surface area contributed by atoms with Crippen LogP contribution in [0.2, 0.25) is 0 Å². The molecule has 0 aromatic heterocycles. The molecule has 3 atom stereocenters. The first kappa shape index (κ1) is 22.1. The Morgan fingerprint density at radius 2 is 2.00 bits per heavy atom. The van der Waals surface area contributed by atoms with Crippen molar-refractivity contribution in [3.8, 4) is 0 Å². The maximum Gasteiger partial charge on any atom is 0.303 e. The zero-order chi connectivity index (χ0) is 20.1. The molecule has 0 aromatic carbocycles. The summed E-state index contributed by atoms with van der Waals surface area (Å²) in [7, 11) is 0. The fourth-order valence-corrected chi connectivity index (χ4v) is 4.10. The average molecular weight is 381 g/mol. The van der Waals surface area contributed by atoms with Gasteiger partial charge >= 0.3 is 5.97 Å². The second kappa shape index (κ2) is 8.89. The van der Waals surface area contributed by atoms with Gasteiger partial charge in [0.2, 0.25) is 0 Å². The maximum atomic E-state index is 11.2. The van der Waals surface area contributed by atoms with Gasteiger partial charge in [0.05, 0.1) is 30.0 Å². The number of carboxylic acid groups (broad SMARTS) is 1.